The molecule has 0 atom stereocenters. The van der Waals surface area contributed by atoms with E-state index in [-0.39, 0.29) is 13.3 Å². The van der Waals surface area contributed by atoms with Gasteiger partial charge in [-0.05, 0) is 81.9 Å². The normalized spacial score (nSPS) is 18.4. The predicted molar refractivity (Wildman–Crippen MR) is 129 cm³/mol. The summed E-state index contributed by atoms with van der Waals surface area (Å²) in [5.74, 6) is 1.68. The second-order valence-corrected chi connectivity index (χ2v) is 9.08. The molecule has 2 fully saturated rings. The third-order valence-electron chi connectivity index (χ3n) is 7.22. The van der Waals surface area contributed by atoms with Crippen molar-refractivity contribution in [1.82, 2.24) is 14.3 Å². The summed E-state index contributed by atoms with van der Waals surface area (Å²) in [4.78, 5) is 9.72. The van der Waals surface area contributed by atoms with Gasteiger partial charge in [-0.1, -0.05) is 19.6 Å². The van der Waals surface area contributed by atoms with Crippen molar-refractivity contribution in [2.24, 2.45) is 5.92 Å². The number of rotatable bonds is 2. The molecule has 0 spiro atoms. The molecule has 2 saturated heterocycles. The Bertz CT molecular complexity index is 1210. The number of nitriles is 2. The van der Waals surface area contributed by atoms with Gasteiger partial charge in [0, 0.05) is 19.0 Å². The van der Waals surface area contributed by atoms with Gasteiger partial charge in [-0.25, -0.2) is 4.98 Å². The average Bonchev–Trinajstić information content (AvgIpc) is 3.18. The summed E-state index contributed by atoms with van der Waals surface area (Å²) in [5, 5.41) is 19.6. The summed E-state index contributed by atoms with van der Waals surface area (Å²) in [6.45, 7) is 6.02. The smallest absolute Gasteiger partial charge is 0.157 e. The Labute approximate surface area is 190 Å². The number of hydrogen-bond acceptors (Lipinski definition) is 5. The maximum Gasteiger partial charge on any atom is 0.157 e. The van der Waals surface area contributed by atoms with Crippen LogP contribution in [0.15, 0.2) is 24.3 Å². The van der Waals surface area contributed by atoms with Crippen LogP contribution < -0.4 is 4.90 Å². The number of para-hydroxylation sites is 2. The molecule has 0 saturated carbocycles. The zero-order valence-corrected chi connectivity index (χ0v) is 18.3. The number of likely N-dealkylation sites (tertiary alicyclic amines) is 1. The quantitative estimate of drug-likeness (QED) is 0.583. The van der Waals surface area contributed by atoms with E-state index in [0.717, 1.165) is 79.9 Å². The number of benzene rings is 1. The van der Waals surface area contributed by atoms with Gasteiger partial charge in [0.1, 0.15) is 11.9 Å². The molecule has 166 valence electrons. The van der Waals surface area contributed by atoms with Crippen molar-refractivity contribution in [2.75, 3.05) is 38.1 Å². The van der Waals surface area contributed by atoms with Crippen molar-refractivity contribution in [1.29, 1.82) is 10.5 Å². The first-order valence-corrected chi connectivity index (χ1v) is 11.3. The maximum absolute atomic E-state index is 10.3. The highest BCUT2D eigenvalue weighted by atomic mass is 15.2. The van der Waals surface area contributed by atoms with Crippen LogP contribution in [-0.4, -0.2) is 47.5 Å². The Hall–Kier alpha value is -3.09. The van der Waals surface area contributed by atoms with Crippen molar-refractivity contribution < 1.29 is 0 Å². The second kappa shape index (κ2) is 8.81. The van der Waals surface area contributed by atoms with Crippen LogP contribution in [0.4, 0.5) is 5.82 Å². The molecule has 0 unspecified atom stereocenters. The third kappa shape index (κ3) is 3.49. The minimum atomic E-state index is 0. The van der Waals surface area contributed by atoms with Gasteiger partial charge in [-0.3, -0.25) is 4.40 Å². The van der Waals surface area contributed by atoms with Gasteiger partial charge in [-0.2, -0.15) is 10.5 Å². The number of imidazole rings is 1. The van der Waals surface area contributed by atoms with Gasteiger partial charge in [0.2, 0.25) is 0 Å². The molecule has 0 N–H and O–H groups in total. The number of aromatic nitrogens is 2. The third-order valence-corrected chi connectivity index (χ3v) is 7.22. The molecular weight excluding hydrogens is 396 g/mol. The predicted octanol–water partition coefficient (Wildman–Crippen LogP) is 4.85. The van der Waals surface area contributed by atoms with E-state index in [9.17, 15) is 10.5 Å². The largest absolute Gasteiger partial charge is 0.357 e. The molecule has 5 rings (SSSR count). The van der Waals surface area contributed by atoms with Crippen molar-refractivity contribution in [3.05, 3.63) is 41.0 Å². The molecule has 6 nitrogen and oxygen atoms in total. The lowest BCUT2D eigenvalue weighted by atomic mass is 9.84. The van der Waals surface area contributed by atoms with Crippen LogP contribution in [0.5, 0.6) is 0 Å². The van der Waals surface area contributed by atoms with Gasteiger partial charge < -0.3 is 9.80 Å². The number of anilines is 1. The minimum Gasteiger partial charge on any atom is -0.357 e. The van der Waals surface area contributed by atoms with Crippen LogP contribution in [0, 0.1) is 35.5 Å². The summed E-state index contributed by atoms with van der Waals surface area (Å²) >= 11 is 0. The Morgan fingerprint density at radius 1 is 1.00 bits per heavy atom. The van der Waals surface area contributed by atoms with Gasteiger partial charge >= 0.3 is 0 Å². The Kier molecular flexibility index (Phi) is 6.09. The van der Waals surface area contributed by atoms with Gasteiger partial charge in [0.15, 0.2) is 5.65 Å². The lowest BCUT2D eigenvalue weighted by Crippen LogP contribution is -2.36. The molecule has 0 aliphatic carbocycles. The molecule has 0 amide bonds. The average molecular weight is 429 g/mol. The van der Waals surface area contributed by atoms with Crippen molar-refractivity contribution in [3.8, 4) is 12.1 Å². The topological polar surface area (TPSA) is 71.4 Å². The number of hydrogen-bond donors (Lipinski definition) is 0. The fourth-order valence-corrected chi connectivity index (χ4v) is 5.52. The first-order chi connectivity index (χ1) is 15.1. The molecule has 4 heterocycles. The van der Waals surface area contributed by atoms with Gasteiger partial charge in [0.05, 0.1) is 22.7 Å². The molecule has 1 aromatic carbocycles. The number of piperidine rings is 2. The highest BCUT2D eigenvalue weighted by Gasteiger charge is 2.31. The molecule has 32 heavy (non-hydrogen) atoms. The van der Waals surface area contributed by atoms with E-state index in [1.807, 2.05) is 18.2 Å². The van der Waals surface area contributed by atoms with E-state index in [4.69, 9.17) is 4.98 Å². The van der Waals surface area contributed by atoms with Crippen LogP contribution in [0.1, 0.15) is 55.7 Å². The van der Waals surface area contributed by atoms with Gasteiger partial charge in [-0.15, -0.1) is 0 Å². The number of pyridine rings is 1. The molecule has 3 aromatic rings. The molecular formula is C26H32N6. The summed E-state index contributed by atoms with van der Waals surface area (Å²) < 4.78 is 2.20. The van der Waals surface area contributed by atoms with E-state index >= 15 is 0 Å². The number of fused-ring (bicyclic) bond motifs is 3. The van der Waals surface area contributed by atoms with Crippen molar-refractivity contribution in [2.45, 2.75) is 46.0 Å². The van der Waals surface area contributed by atoms with E-state index in [2.05, 4.69) is 46.4 Å². The minimum absolute atomic E-state index is 0. The maximum atomic E-state index is 10.3. The van der Waals surface area contributed by atoms with Gasteiger partial charge in [0.25, 0.3) is 0 Å². The zero-order valence-electron chi connectivity index (χ0n) is 18.3. The fraction of sp³-hybridized carbons (Fsp3) is 0.500. The van der Waals surface area contributed by atoms with Crippen LogP contribution in [0.3, 0.4) is 0 Å². The summed E-state index contributed by atoms with van der Waals surface area (Å²) in [7, 11) is 2.17. The summed E-state index contributed by atoms with van der Waals surface area (Å²) in [5.41, 5.74) is 5.88. The lowest BCUT2D eigenvalue weighted by molar-refractivity contribution is 0.255. The highest BCUT2D eigenvalue weighted by molar-refractivity contribution is 5.86. The monoisotopic (exact) mass is 428 g/mol. The lowest BCUT2D eigenvalue weighted by Gasteiger charge is -2.36. The highest BCUT2D eigenvalue weighted by Crippen LogP contribution is 2.40. The first kappa shape index (κ1) is 22.1. The van der Waals surface area contributed by atoms with Crippen LogP contribution in [-0.2, 0) is 0 Å². The summed E-state index contributed by atoms with van der Waals surface area (Å²) in [6.07, 6.45) is 3.90. The Morgan fingerprint density at radius 3 is 2.34 bits per heavy atom. The molecule has 0 radical (unpaired) electrons. The van der Waals surface area contributed by atoms with Crippen LogP contribution in [0.2, 0.25) is 0 Å². The molecule has 0 bridgehead atoms. The van der Waals surface area contributed by atoms with E-state index in [0.29, 0.717) is 5.92 Å². The molecule has 6 heteroatoms. The Morgan fingerprint density at radius 2 is 1.69 bits per heavy atom. The zero-order chi connectivity index (χ0) is 21.5. The number of nitrogens with zero attached hydrogens (tertiary/aromatic N) is 6. The van der Waals surface area contributed by atoms with E-state index < -0.39 is 0 Å². The van der Waals surface area contributed by atoms with E-state index in [1.54, 1.807) is 0 Å². The summed E-state index contributed by atoms with van der Waals surface area (Å²) in [6, 6.07) is 13.1. The first-order valence-electron chi connectivity index (χ1n) is 11.3. The second-order valence-electron chi connectivity index (χ2n) is 9.08. The van der Waals surface area contributed by atoms with E-state index in [1.165, 1.54) is 11.1 Å². The van der Waals surface area contributed by atoms with Crippen molar-refractivity contribution in [3.63, 3.8) is 0 Å². The SMILES string of the molecule is C.Cc1c(C2CCN(C)CC2)c(C#N)c2nc3ccccc3n2c1N1CCC(C#N)CC1. The Balaban J connectivity index is 0.00000245. The molecule has 2 aliphatic heterocycles. The molecule has 2 aliphatic rings. The van der Waals surface area contributed by atoms with Crippen molar-refractivity contribution >= 4 is 22.5 Å². The standard InChI is InChI=1S/C25H28N6.CH4/c1-17-23(19-9-11-29(2)12-10-19)20(16-27)24-28-21-5-3-4-6-22(21)31(24)25(17)30-13-7-18(15-26)8-14-30;/h3-6,18-19H,7-14H2,1-2H3;1H4. The molecule has 2 aromatic heterocycles. The van der Waals surface area contributed by atoms with Crippen LogP contribution in [0.25, 0.3) is 16.7 Å². The fourth-order valence-electron chi connectivity index (χ4n) is 5.52. The van der Waals surface area contributed by atoms with Crippen LogP contribution >= 0.6 is 0 Å².